The van der Waals surface area contributed by atoms with Gasteiger partial charge < -0.3 is 10.0 Å². The van der Waals surface area contributed by atoms with Gasteiger partial charge >= 0.3 is 0 Å². The summed E-state index contributed by atoms with van der Waals surface area (Å²) in [7, 11) is 0. The molecular formula is C19H21N3O. The van der Waals surface area contributed by atoms with E-state index in [1.807, 2.05) is 18.2 Å². The predicted molar refractivity (Wildman–Crippen MR) is 93.3 cm³/mol. The summed E-state index contributed by atoms with van der Waals surface area (Å²) in [6, 6.07) is 16.9. The molecule has 1 saturated heterocycles. The molecule has 1 aliphatic heterocycles. The molecule has 4 nitrogen and oxygen atoms in total. The van der Waals surface area contributed by atoms with Crippen LogP contribution in [0.2, 0.25) is 0 Å². The first-order valence-electron chi connectivity index (χ1n) is 8.20. The van der Waals surface area contributed by atoms with Crippen molar-refractivity contribution >= 4 is 17.0 Å². The number of para-hydroxylation sites is 1. The van der Waals surface area contributed by atoms with Crippen LogP contribution < -0.4 is 4.90 Å². The molecule has 4 heteroatoms. The highest BCUT2D eigenvalue weighted by Gasteiger charge is 2.28. The summed E-state index contributed by atoms with van der Waals surface area (Å²) in [5.74, 6) is 0.938. The van der Waals surface area contributed by atoms with Gasteiger partial charge in [0.1, 0.15) is 0 Å². The minimum absolute atomic E-state index is 0.162. The Morgan fingerprint density at radius 1 is 1.17 bits per heavy atom. The van der Waals surface area contributed by atoms with Crippen molar-refractivity contribution in [3.63, 3.8) is 0 Å². The molecule has 4 rings (SSSR count). The third kappa shape index (κ3) is 2.39. The van der Waals surface area contributed by atoms with Gasteiger partial charge in [-0.15, -0.1) is 0 Å². The van der Waals surface area contributed by atoms with Gasteiger partial charge in [0.2, 0.25) is 5.95 Å². The molecule has 2 heterocycles. The number of nitrogens with zero attached hydrogens (tertiary/aromatic N) is 3. The van der Waals surface area contributed by atoms with Crippen LogP contribution in [0, 0.1) is 6.92 Å². The fourth-order valence-corrected chi connectivity index (χ4v) is 3.49. The molecule has 0 aliphatic carbocycles. The molecule has 0 spiro atoms. The van der Waals surface area contributed by atoms with E-state index in [9.17, 15) is 5.11 Å². The molecule has 2 aromatic carbocycles. The van der Waals surface area contributed by atoms with E-state index >= 15 is 0 Å². The lowest BCUT2D eigenvalue weighted by Crippen LogP contribution is -2.34. The van der Waals surface area contributed by atoms with Crippen molar-refractivity contribution in [1.29, 1.82) is 0 Å². The van der Waals surface area contributed by atoms with Crippen LogP contribution >= 0.6 is 0 Å². The molecule has 1 aromatic heterocycles. The second kappa shape index (κ2) is 5.70. The molecule has 1 unspecified atom stereocenters. The van der Waals surface area contributed by atoms with Crippen LogP contribution in [0.15, 0.2) is 48.5 Å². The topological polar surface area (TPSA) is 41.3 Å². The molecule has 118 valence electrons. The molecule has 1 N–H and O–H groups in total. The first kappa shape index (κ1) is 14.3. The zero-order valence-corrected chi connectivity index (χ0v) is 13.3. The Morgan fingerprint density at radius 3 is 2.78 bits per heavy atom. The summed E-state index contributed by atoms with van der Waals surface area (Å²) in [6.45, 7) is 3.23. The zero-order valence-electron chi connectivity index (χ0n) is 13.3. The van der Waals surface area contributed by atoms with Crippen molar-refractivity contribution < 1.29 is 5.11 Å². The molecule has 1 aliphatic rings. The highest BCUT2D eigenvalue weighted by atomic mass is 16.3. The summed E-state index contributed by atoms with van der Waals surface area (Å²) in [5, 5.41) is 9.70. The number of aromatic nitrogens is 2. The average molecular weight is 307 g/mol. The molecule has 0 amide bonds. The number of hydrogen-bond acceptors (Lipinski definition) is 3. The molecule has 1 atom stereocenters. The van der Waals surface area contributed by atoms with Gasteiger partial charge in [0.25, 0.3) is 0 Å². The van der Waals surface area contributed by atoms with E-state index in [0.29, 0.717) is 0 Å². The third-order valence-corrected chi connectivity index (χ3v) is 4.65. The van der Waals surface area contributed by atoms with E-state index in [2.05, 4.69) is 46.7 Å². The fourth-order valence-electron chi connectivity index (χ4n) is 3.49. The number of hydrogen-bond donors (Lipinski definition) is 1. The number of aryl methyl sites for hydroxylation is 1. The van der Waals surface area contributed by atoms with Crippen LogP contribution in [0.1, 0.15) is 18.4 Å². The third-order valence-electron chi connectivity index (χ3n) is 4.65. The minimum atomic E-state index is 0.162. The lowest BCUT2D eigenvalue weighted by molar-refractivity contribution is 0.265. The monoisotopic (exact) mass is 307 g/mol. The van der Waals surface area contributed by atoms with Crippen molar-refractivity contribution in [2.24, 2.45) is 0 Å². The molecule has 23 heavy (non-hydrogen) atoms. The molecule has 0 saturated carbocycles. The number of rotatable bonds is 3. The summed E-state index contributed by atoms with van der Waals surface area (Å²) >= 11 is 0. The lowest BCUT2D eigenvalue weighted by atomic mass is 10.2. The number of imidazole rings is 1. The van der Waals surface area contributed by atoms with Gasteiger partial charge in [0.05, 0.1) is 23.7 Å². The van der Waals surface area contributed by atoms with Gasteiger partial charge in [0.15, 0.2) is 0 Å². The molecular weight excluding hydrogens is 286 g/mol. The van der Waals surface area contributed by atoms with Gasteiger partial charge in [-0.25, -0.2) is 4.98 Å². The quantitative estimate of drug-likeness (QED) is 0.807. The maximum Gasteiger partial charge on any atom is 0.211 e. The highest BCUT2D eigenvalue weighted by molar-refractivity contribution is 5.82. The predicted octanol–water partition coefficient (Wildman–Crippen LogP) is 3.30. The maximum absolute atomic E-state index is 9.70. The van der Waals surface area contributed by atoms with E-state index in [0.717, 1.165) is 42.1 Å². The van der Waals surface area contributed by atoms with Crippen LogP contribution in [0.5, 0.6) is 0 Å². The zero-order chi connectivity index (χ0) is 15.8. The number of fused-ring (bicyclic) bond motifs is 1. The van der Waals surface area contributed by atoms with Gasteiger partial charge in [-0.1, -0.05) is 24.3 Å². The van der Waals surface area contributed by atoms with Gasteiger partial charge in [0, 0.05) is 12.2 Å². The highest BCUT2D eigenvalue weighted by Crippen LogP contribution is 2.31. The normalized spacial score (nSPS) is 18.0. The van der Waals surface area contributed by atoms with Crippen LogP contribution in [0.4, 0.5) is 5.95 Å². The van der Waals surface area contributed by atoms with Crippen molar-refractivity contribution in [3.8, 4) is 5.69 Å². The number of anilines is 1. The Balaban J connectivity index is 1.96. The van der Waals surface area contributed by atoms with E-state index in [1.54, 1.807) is 0 Å². The van der Waals surface area contributed by atoms with E-state index in [-0.39, 0.29) is 12.6 Å². The van der Waals surface area contributed by atoms with Crippen molar-refractivity contribution in [2.45, 2.75) is 25.8 Å². The largest absolute Gasteiger partial charge is 0.394 e. The first-order valence-corrected chi connectivity index (χ1v) is 8.20. The van der Waals surface area contributed by atoms with Crippen LogP contribution in [0.25, 0.3) is 16.7 Å². The van der Waals surface area contributed by atoms with Crippen LogP contribution in [-0.4, -0.2) is 33.9 Å². The number of aliphatic hydroxyl groups excluding tert-OH is 1. The van der Waals surface area contributed by atoms with Crippen molar-refractivity contribution in [2.75, 3.05) is 18.1 Å². The standard InChI is InChI=1S/C19H21N3O/c1-14-9-10-17-18(12-14)22(15-6-3-2-4-7-15)19(20-17)21-11-5-8-16(21)13-23/h2-4,6-7,9-10,12,16,23H,5,8,11,13H2,1H3. The second-order valence-corrected chi connectivity index (χ2v) is 6.25. The summed E-state index contributed by atoms with van der Waals surface area (Å²) in [5.41, 5.74) is 4.45. The van der Waals surface area contributed by atoms with E-state index in [1.165, 1.54) is 5.56 Å². The summed E-state index contributed by atoms with van der Waals surface area (Å²) in [4.78, 5) is 7.14. The van der Waals surface area contributed by atoms with Crippen molar-refractivity contribution in [1.82, 2.24) is 9.55 Å². The molecule has 1 fully saturated rings. The lowest BCUT2D eigenvalue weighted by Gasteiger charge is -2.25. The second-order valence-electron chi connectivity index (χ2n) is 6.25. The Kier molecular flexibility index (Phi) is 3.54. The smallest absolute Gasteiger partial charge is 0.211 e. The van der Waals surface area contributed by atoms with E-state index in [4.69, 9.17) is 4.98 Å². The number of aliphatic hydroxyl groups is 1. The fraction of sp³-hybridized carbons (Fsp3) is 0.316. The first-order chi connectivity index (χ1) is 11.3. The molecule has 0 bridgehead atoms. The van der Waals surface area contributed by atoms with Gasteiger partial charge in [-0.05, 0) is 49.6 Å². The summed E-state index contributed by atoms with van der Waals surface area (Å²) in [6.07, 6.45) is 2.12. The molecule has 0 radical (unpaired) electrons. The van der Waals surface area contributed by atoms with Gasteiger partial charge in [-0.3, -0.25) is 4.57 Å². The van der Waals surface area contributed by atoms with E-state index < -0.39 is 0 Å². The minimum Gasteiger partial charge on any atom is -0.394 e. The Morgan fingerprint density at radius 2 is 2.00 bits per heavy atom. The van der Waals surface area contributed by atoms with Gasteiger partial charge in [-0.2, -0.15) is 0 Å². The Bertz CT molecular complexity index is 825. The Labute approximate surface area is 136 Å². The van der Waals surface area contributed by atoms with Crippen LogP contribution in [-0.2, 0) is 0 Å². The van der Waals surface area contributed by atoms with Crippen LogP contribution in [0.3, 0.4) is 0 Å². The summed E-state index contributed by atoms with van der Waals surface area (Å²) < 4.78 is 2.22. The molecule has 3 aromatic rings. The maximum atomic E-state index is 9.70. The SMILES string of the molecule is Cc1ccc2nc(N3CCCC3CO)n(-c3ccccc3)c2c1. The Hall–Kier alpha value is -2.33. The average Bonchev–Trinajstić information content (AvgIpc) is 3.18. The van der Waals surface area contributed by atoms with Crippen molar-refractivity contribution in [3.05, 3.63) is 54.1 Å². The number of benzene rings is 2.